The Morgan fingerprint density at radius 3 is 2.61 bits per heavy atom. The Morgan fingerprint density at radius 2 is 1.79 bits per heavy atom. The molecule has 3 heterocycles. The normalized spacial score (nSPS) is 19.8. The molecule has 2 aromatic heterocycles. The molecule has 1 aliphatic rings. The summed E-state index contributed by atoms with van der Waals surface area (Å²) in [5.41, 5.74) is -0.520. The summed E-state index contributed by atoms with van der Waals surface area (Å²) >= 11 is 0. The molecule has 4 aromatic rings. The molecule has 1 N–H and O–H groups in total. The van der Waals surface area contributed by atoms with Crippen LogP contribution in [0, 0.1) is 0 Å². The van der Waals surface area contributed by atoms with Crippen molar-refractivity contribution in [2.45, 2.75) is 17.9 Å². The Bertz CT molecular complexity index is 1310. The van der Waals surface area contributed by atoms with E-state index < -0.39 is 23.7 Å². The number of carbonyl (C=O) groups is 1. The highest BCUT2D eigenvalue weighted by molar-refractivity contribution is 6.08. The number of pyridine rings is 2. The van der Waals surface area contributed by atoms with Gasteiger partial charge in [-0.3, -0.25) is 9.78 Å². The molecule has 1 fully saturated rings. The van der Waals surface area contributed by atoms with Crippen molar-refractivity contribution in [3.63, 3.8) is 0 Å². The number of ketones is 1. The number of Topliss-reactive ketones (excluding diaryl/α,β-unsaturated/α-hetero) is 1. The first-order chi connectivity index (χ1) is 16.0. The summed E-state index contributed by atoms with van der Waals surface area (Å²) < 4.78 is 37.0. The van der Waals surface area contributed by atoms with Crippen molar-refractivity contribution in [3.05, 3.63) is 90.8 Å². The van der Waals surface area contributed by atoms with E-state index in [1.165, 1.54) is 6.07 Å². The molecule has 5 nitrogen and oxygen atoms in total. The van der Waals surface area contributed by atoms with Gasteiger partial charge in [0.1, 0.15) is 0 Å². The minimum Gasteiger partial charge on any atom is -0.455 e. The van der Waals surface area contributed by atoms with Crippen LogP contribution in [0.15, 0.2) is 85.2 Å². The zero-order chi connectivity index (χ0) is 22.9. The van der Waals surface area contributed by atoms with Crippen molar-refractivity contribution >= 4 is 16.7 Å². The summed E-state index contributed by atoms with van der Waals surface area (Å²) in [6.07, 6.45) is 2.69. The highest BCUT2D eigenvalue weighted by atomic mass is 19.3. The van der Waals surface area contributed by atoms with Gasteiger partial charge in [0.25, 0.3) is 5.92 Å². The van der Waals surface area contributed by atoms with Crippen molar-refractivity contribution in [1.29, 1.82) is 0 Å². The molecule has 0 unspecified atom stereocenters. The van der Waals surface area contributed by atoms with Crippen molar-refractivity contribution in [1.82, 2.24) is 15.3 Å². The lowest BCUT2D eigenvalue weighted by molar-refractivity contribution is -0.155. The zero-order valence-corrected chi connectivity index (χ0v) is 17.7. The first-order valence-electron chi connectivity index (χ1n) is 10.7. The third kappa shape index (κ3) is 3.74. The predicted molar refractivity (Wildman–Crippen MR) is 122 cm³/mol. The van der Waals surface area contributed by atoms with E-state index in [2.05, 4.69) is 15.3 Å². The van der Waals surface area contributed by atoms with Crippen LogP contribution in [0.3, 0.4) is 0 Å². The molecular formula is C26H21F2N3O2. The third-order valence-corrected chi connectivity index (χ3v) is 5.94. The maximum Gasteiger partial charge on any atom is 0.296 e. The number of hydrogen-bond donors (Lipinski definition) is 1. The van der Waals surface area contributed by atoms with Crippen LogP contribution in [0.4, 0.5) is 8.78 Å². The first-order valence-corrected chi connectivity index (χ1v) is 10.7. The number of aromatic nitrogens is 2. The lowest BCUT2D eigenvalue weighted by Gasteiger charge is -2.42. The van der Waals surface area contributed by atoms with Gasteiger partial charge in [0.2, 0.25) is 17.3 Å². The second kappa shape index (κ2) is 8.33. The van der Waals surface area contributed by atoms with Crippen molar-refractivity contribution in [2.75, 3.05) is 13.1 Å². The summed E-state index contributed by atoms with van der Waals surface area (Å²) in [4.78, 5) is 22.4. The van der Waals surface area contributed by atoms with E-state index in [1.54, 1.807) is 67.0 Å². The van der Waals surface area contributed by atoms with Gasteiger partial charge in [-0.15, -0.1) is 0 Å². The number of fused-ring (bicyclic) bond motifs is 1. The maximum atomic E-state index is 15.6. The fourth-order valence-corrected chi connectivity index (χ4v) is 4.20. The number of para-hydroxylation sites is 1. The van der Waals surface area contributed by atoms with E-state index in [1.807, 2.05) is 12.1 Å². The van der Waals surface area contributed by atoms with E-state index in [9.17, 15) is 4.79 Å². The molecule has 0 saturated carbocycles. The SMILES string of the molecule is O=C(c1ccccc1-c1cccnc1)[C@@]1(Oc2ccc3ccccc3n2)CNCCC1(F)F. The van der Waals surface area contributed by atoms with Crippen LogP contribution in [0.1, 0.15) is 16.8 Å². The van der Waals surface area contributed by atoms with Crippen LogP contribution < -0.4 is 10.1 Å². The Morgan fingerprint density at radius 1 is 0.970 bits per heavy atom. The van der Waals surface area contributed by atoms with Crippen molar-refractivity contribution in [2.24, 2.45) is 0 Å². The van der Waals surface area contributed by atoms with Crippen LogP contribution in [-0.2, 0) is 0 Å². The van der Waals surface area contributed by atoms with Gasteiger partial charge < -0.3 is 10.1 Å². The van der Waals surface area contributed by atoms with Gasteiger partial charge in [0, 0.05) is 54.5 Å². The lowest BCUT2D eigenvalue weighted by Crippen LogP contribution is -2.67. The molecule has 33 heavy (non-hydrogen) atoms. The van der Waals surface area contributed by atoms with Crippen molar-refractivity contribution in [3.8, 4) is 17.0 Å². The predicted octanol–water partition coefficient (Wildman–Crippen LogP) is 4.93. The smallest absolute Gasteiger partial charge is 0.296 e. The van der Waals surface area contributed by atoms with Crippen LogP contribution in [0.25, 0.3) is 22.0 Å². The van der Waals surface area contributed by atoms with Gasteiger partial charge in [-0.25, -0.2) is 13.8 Å². The number of alkyl halides is 2. The van der Waals surface area contributed by atoms with Crippen LogP contribution in [0.5, 0.6) is 5.88 Å². The van der Waals surface area contributed by atoms with E-state index in [-0.39, 0.29) is 24.5 Å². The number of nitrogens with zero attached hydrogens (tertiary/aromatic N) is 2. The summed E-state index contributed by atoms with van der Waals surface area (Å²) in [6, 6.07) is 20.8. The lowest BCUT2D eigenvalue weighted by atomic mass is 9.80. The minimum atomic E-state index is -3.41. The standard InChI is InChI=1S/C26H21F2N3O2/c27-26(28)13-15-30-17-25(26,33-23-12-11-18-6-1-4-10-22(18)31-23)24(32)21-9-3-2-8-20(21)19-7-5-14-29-16-19/h1-12,14,16,30H,13,15,17H2/t25-/m0/s1. The molecule has 0 bridgehead atoms. The fourth-order valence-electron chi connectivity index (χ4n) is 4.20. The molecule has 0 aliphatic carbocycles. The maximum absolute atomic E-state index is 15.6. The summed E-state index contributed by atoms with van der Waals surface area (Å²) in [7, 11) is 0. The first kappa shape index (κ1) is 21.2. The number of benzene rings is 2. The number of rotatable bonds is 5. The van der Waals surface area contributed by atoms with E-state index in [4.69, 9.17) is 4.74 Å². The molecule has 7 heteroatoms. The Hall–Kier alpha value is -3.71. The van der Waals surface area contributed by atoms with Gasteiger partial charge in [0.05, 0.1) is 5.52 Å². The number of carbonyl (C=O) groups excluding carboxylic acids is 1. The van der Waals surface area contributed by atoms with E-state index >= 15 is 8.78 Å². The molecular weight excluding hydrogens is 424 g/mol. The largest absolute Gasteiger partial charge is 0.455 e. The van der Waals surface area contributed by atoms with Crippen LogP contribution in [0.2, 0.25) is 0 Å². The Balaban J connectivity index is 1.63. The summed E-state index contributed by atoms with van der Waals surface area (Å²) in [5, 5.41) is 3.78. The number of ether oxygens (including phenoxy) is 1. The molecule has 0 amide bonds. The minimum absolute atomic E-state index is 0.0238. The van der Waals surface area contributed by atoms with Gasteiger partial charge in [-0.2, -0.15) is 0 Å². The number of hydrogen-bond acceptors (Lipinski definition) is 5. The monoisotopic (exact) mass is 445 g/mol. The van der Waals surface area contributed by atoms with Crippen LogP contribution >= 0.6 is 0 Å². The number of nitrogens with one attached hydrogen (secondary N) is 1. The Kier molecular flexibility index (Phi) is 5.34. The van der Waals surface area contributed by atoms with E-state index in [0.717, 1.165) is 5.39 Å². The van der Waals surface area contributed by atoms with E-state index in [0.29, 0.717) is 16.6 Å². The highest BCUT2D eigenvalue weighted by Crippen LogP contribution is 2.41. The molecule has 1 aliphatic heterocycles. The second-order valence-corrected chi connectivity index (χ2v) is 8.02. The molecule has 0 radical (unpaired) electrons. The number of piperidine rings is 1. The quantitative estimate of drug-likeness (QED) is 0.442. The highest BCUT2D eigenvalue weighted by Gasteiger charge is 2.63. The molecule has 1 atom stereocenters. The van der Waals surface area contributed by atoms with Crippen LogP contribution in [-0.4, -0.2) is 40.4 Å². The summed E-state index contributed by atoms with van der Waals surface area (Å²) in [5.74, 6) is -4.23. The van der Waals surface area contributed by atoms with Gasteiger partial charge in [-0.1, -0.05) is 48.5 Å². The summed E-state index contributed by atoms with van der Waals surface area (Å²) in [6.45, 7) is -0.254. The molecule has 0 spiro atoms. The Labute approximate surface area is 189 Å². The average molecular weight is 445 g/mol. The zero-order valence-electron chi connectivity index (χ0n) is 17.7. The third-order valence-electron chi connectivity index (χ3n) is 5.94. The molecule has 166 valence electrons. The average Bonchev–Trinajstić information content (AvgIpc) is 2.85. The van der Waals surface area contributed by atoms with Gasteiger partial charge >= 0.3 is 0 Å². The van der Waals surface area contributed by atoms with Gasteiger partial charge in [-0.05, 0) is 23.8 Å². The fraction of sp³-hybridized carbons (Fsp3) is 0.192. The molecule has 2 aromatic carbocycles. The molecule has 5 rings (SSSR count). The number of halogens is 2. The second-order valence-electron chi connectivity index (χ2n) is 8.02. The van der Waals surface area contributed by atoms with Gasteiger partial charge in [0.15, 0.2) is 0 Å². The molecule has 1 saturated heterocycles. The topological polar surface area (TPSA) is 64.1 Å². The van der Waals surface area contributed by atoms with Crippen molar-refractivity contribution < 1.29 is 18.3 Å².